The van der Waals surface area contributed by atoms with E-state index in [1.807, 2.05) is 36.4 Å². The molecule has 0 spiro atoms. The van der Waals surface area contributed by atoms with Crippen molar-refractivity contribution in [2.24, 2.45) is 0 Å². The van der Waals surface area contributed by atoms with Crippen LogP contribution < -0.4 is 0 Å². The molecule has 94 valence electrons. The molecule has 3 aromatic rings. The molecule has 0 aliphatic carbocycles. The van der Waals surface area contributed by atoms with Crippen LogP contribution in [0.2, 0.25) is 0 Å². The third-order valence-electron chi connectivity index (χ3n) is 2.89. The fourth-order valence-electron chi connectivity index (χ4n) is 1.94. The van der Waals surface area contributed by atoms with E-state index in [0.717, 1.165) is 20.9 Å². The predicted molar refractivity (Wildman–Crippen MR) is 75.7 cm³/mol. The highest BCUT2D eigenvalue weighted by Crippen LogP contribution is 2.22. The molecule has 3 rings (SSSR count). The second kappa shape index (κ2) is 4.51. The Morgan fingerprint density at radius 1 is 1.16 bits per heavy atom. The Labute approximate surface area is 117 Å². The summed E-state index contributed by atoms with van der Waals surface area (Å²) in [5, 5.41) is 11.1. The standard InChI is InChI=1S/C14H9BrN2O2/c15-11-3-1-10-6-12(4-2-9(10)5-11)17-7-13(14(18)19)16-8-17/h1-8H,(H,18,19). The van der Waals surface area contributed by atoms with Gasteiger partial charge in [0.25, 0.3) is 0 Å². The smallest absolute Gasteiger partial charge is 0.356 e. The lowest BCUT2D eigenvalue weighted by atomic mass is 10.1. The first-order valence-electron chi connectivity index (χ1n) is 5.60. The number of halogens is 1. The highest BCUT2D eigenvalue weighted by atomic mass is 79.9. The molecule has 0 aliphatic rings. The molecule has 0 bridgehead atoms. The van der Waals surface area contributed by atoms with Crippen LogP contribution >= 0.6 is 15.9 Å². The third kappa shape index (κ3) is 2.24. The highest BCUT2D eigenvalue weighted by Gasteiger charge is 2.07. The van der Waals surface area contributed by atoms with Gasteiger partial charge in [0.05, 0.1) is 0 Å². The van der Waals surface area contributed by atoms with Crippen molar-refractivity contribution in [2.45, 2.75) is 0 Å². The first kappa shape index (κ1) is 11.9. The number of carboxylic acids is 1. The molecule has 1 N–H and O–H groups in total. The van der Waals surface area contributed by atoms with Gasteiger partial charge in [-0.3, -0.25) is 0 Å². The zero-order valence-corrected chi connectivity index (χ0v) is 11.3. The maximum atomic E-state index is 10.8. The van der Waals surface area contributed by atoms with Crippen LogP contribution in [-0.2, 0) is 0 Å². The first-order chi connectivity index (χ1) is 9.13. The number of aromatic carboxylic acids is 1. The van der Waals surface area contributed by atoms with E-state index in [-0.39, 0.29) is 5.69 Å². The summed E-state index contributed by atoms with van der Waals surface area (Å²) in [6, 6.07) is 11.9. The lowest BCUT2D eigenvalue weighted by Crippen LogP contribution is -1.95. The van der Waals surface area contributed by atoms with Gasteiger partial charge in [-0.25, -0.2) is 9.78 Å². The van der Waals surface area contributed by atoms with E-state index in [0.29, 0.717) is 0 Å². The third-order valence-corrected chi connectivity index (χ3v) is 3.38. The van der Waals surface area contributed by atoms with Crippen molar-refractivity contribution in [3.8, 4) is 5.69 Å². The summed E-state index contributed by atoms with van der Waals surface area (Å²) in [6.07, 6.45) is 3.01. The Bertz CT molecular complexity index is 780. The van der Waals surface area contributed by atoms with E-state index in [1.54, 1.807) is 4.57 Å². The quantitative estimate of drug-likeness (QED) is 0.787. The van der Waals surface area contributed by atoms with Crippen LogP contribution in [0.1, 0.15) is 10.5 Å². The molecule has 19 heavy (non-hydrogen) atoms. The fourth-order valence-corrected chi connectivity index (χ4v) is 2.32. The van der Waals surface area contributed by atoms with Gasteiger partial charge in [-0.1, -0.05) is 28.1 Å². The summed E-state index contributed by atoms with van der Waals surface area (Å²) in [5.41, 5.74) is 0.922. The van der Waals surface area contributed by atoms with Gasteiger partial charge in [0, 0.05) is 16.4 Å². The van der Waals surface area contributed by atoms with Gasteiger partial charge in [-0.15, -0.1) is 0 Å². The zero-order valence-electron chi connectivity index (χ0n) is 9.75. The van der Waals surface area contributed by atoms with Gasteiger partial charge in [0.2, 0.25) is 0 Å². The molecular formula is C14H9BrN2O2. The zero-order chi connectivity index (χ0) is 13.4. The number of aromatic nitrogens is 2. The summed E-state index contributed by atoms with van der Waals surface area (Å²) in [5.74, 6) is -1.02. The Balaban J connectivity index is 2.09. The van der Waals surface area contributed by atoms with Crippen molar-refractivity contribution < 1.29 is 9.90 Å². The van der Waals surface area contributed by atoms with Crippen LogP contribution in [0.15, 0.2) is 53.4 Å². The topological polar surface area (TPSA) is 55.1 Å². The van der Waals surface area contributed by atoms with Gasteiger partial charge in [-0.2, -0.15) is 0 Å². The Morgan fingerprint density at radius 2 is 1.89 bits per heavy atom. The average Bonchev–Trinajstić information content (AvgIpc) is 2.88. The molecule has 2 aromatic carbocycles. The van der Waals surface area contributed by atoms with Crippen LogP contribution in [0.3, 0.4) is 0 Å². The molecule has 4 nitrogen and oxygen atoms in total. The van der Waals surface area contributed by atoms with Gasteiger partial charge >= 0.3 is 5.97 Å². The number of benzene rings is 2. The molecule has 0 fully saturated rings. The fraction of sp³-hybridized carbons (Fsp3) is 0. The van der Waals surface area contributed by atoms with Crippen LogP contribution in [-0.4, -0.2) is 20.6 Å². The summed E-state index contributed by atoms with van der Waals surface area (Å²) >= 11 is 3.43. The van der Waals surface area contributed by atoms with Crippen molar-refractivity contribution in [3.05, 3.63) is 59.1 Å². The first-order valence-corrected chi connectivity index (χ1v) is 6.40. The predicted octanol–water partition coefficient (Wildman–Crippen LogP) is 3.49. The van der Waals surface area contributed by atoms with E-state index in [9.17, 15) is 4.79 Å². The van der Waals surface area contributed by atoms with Crippen molar-refractivity contribution >= 4 is 32.7 Å². The SMILES string of the molecule is O=C(O)c1cn(-c2ccc3cc(Br)ccc3c2)cn1. The normalized spacial score (nSPS) is 10.8. The lowest BCUT2D eigenvalue weighted by Gasteiger charge is -2.04. The number of hydrogen-bond acceptors (Lipinski definition) is 2. The number of nitrogens with zero attached hydrogens (tertiary/aromatic N) is 2. The van der Waals surface area contributed by atoms with Gasteiger partial charge in [0.15, 0.2) is 5.69 Å². The van der Waals surface area contributed by atoms with E-state index >= 15 is 0 Å². The van der Waals surface area contributed by atoms with E-state index < -0.39 is 5.97 Å². The van der Waals surface area contributed by atoms with Crippen LogP contribution in [0.5, 0.6) is 0 Å². The minimum atomic E-state index is -1.02. The average molecular weight is 317 g/mol. The van der Waals surface area contributed by atoms with Crippen molar-refractivity contribution in [1.29, 1.82) is 0 Å². The number of hydrogen-bond donors (Lipinski definition) is 1. The molecular weight excluding hydrogens is 308 g/mol. The number of fused-ring (bicyclic) bond motifs is 1. The van der Waals surface area contributed by atoms with Gasteiger partial charge < -0.3 is 9.67 Å². The maximum Gasteiger partial charge on any atom is 0.356 e. The second-order valence-corrected chi connectivity index (χ2v) is 5.06. The Kier molecular flexibility index (Phi) is 2.83. The van der Waals surface area contributed by atoms with E-state index in [1.165, 1.54) is 12.5 Å². The Hall–Kier alpha value is -2.14. The monoisotopic (exact) mass is 316 g/mol. The molecule has 1 aromatic heterocycles. The summed E-state index contributed by atoms with van der Waals surface area (Å²) < 4.78 is 2.73. The van der Waals surface area contributed by atoms with E-state index in [2.05, 4.69) is 20.9 Å². The molecule has 0 atom stereocenters. The minimum absolute atomic E-state index is 0.0379. The molecule has 5 heteroatoms. The molecule has 0 amide bonds. The van der Waals surface area contributed by atoms with Crippen molar-refractivity contribution in [3.63, 3.8) is 0 Å². The van der Waals surface area contributed by atoms with E-state index in [4.69, 9.17) is 5.11 Å². The molecule has 0 radical (unpaired) electrons. The number of imidazole rings is 1. The second-order valence-electron chi connectivity index (χ2n) is 4.15. The highest BCUT2D eigenvalue weighted by molar-refractivity contribution is 9.10. The Morgan fingerprint density at radius 3 is 2.63 bits per heavy atom. The molecule has 0 saturated heterocycles. The number of carboxylic acid groups (broad SMARTS) is 1. The maximum absolute atomic E-state index is 10.8. The van der Waals surface area contributed by atoms with Crippen LogP contribution in [0.4, 0.5) is 0 Å². The van der Waals surface area contributed by atoms with Gasteiger partial charge in [-0.05, 0) is 35.0 Å². The van der Waals surface area contributed by atoms with Crippen LogP contribution in [0.25, 0.3) is 16.5 Å². The largest absolute Gasteiger partial charge is 0.476 e. The lowest BCUT2D eigenvalue weighted by molar-refractivity contribution is 0.0691. The minimum Gasteiger partial charge on any atom is -0.476 e. The van der Waals surface area contributed by atoms with Gasteiger partial charge in [0.1, 0.15) is 6.33 Å². The number of carbonyl (C=O) groups is 1. The summed E-state index contributed by atoms with van der Waals surface area (Å²) in [4.78, 5) is 14.7. The summed E-state index contributed by atoms with van der Waals surface area (Å²) in [6.45, 7) is 0. The molecule has 0 aliphatic heterocycles. The molecule has 0 unspecified atom stereocenters. The van der Waals surface area contributed by atoms with Crippen molar-refractivity contribution in [1.82, 2.24) is 9.55 Å². The van der Waals surface area contributed by atoms with Crippen LogP contribution in [0, 0.1) is 0 Å². The van der Waals surface area contributed by atoms with Crippen molar-refractivity contribution in [2.75, 3.05) is 0 Å². The molecule has 1 heterocycles. The molecule has 0 saturated carbocycles. The summed E-state index contributed by atoms with van der Waals surface area (Å²) in [7, 11) is 0. The number of rotatable bonds is 2.